The van der Waals surface area contributed by atoms with Gasteiger partial charge in [0, 0.05) is 26.7 Å². The number of nitrogens with two attached hydrogens (primary N) is 1. The fraction of sp³-hybridized carbons (Fsp3) is 0.538. The Morgan fingerprint density at radius 1 is 1.50 bits per heavy atom. The Hall–Kier alpha value is -1.02. The van der Waals surface area contributed by atoms with E-state index < -0.39 is 15.8 Å². The summed E-state index contributed by atoms with van der Waals surface area (Å²) in [6, 6.07) is 3.63. The minimum atomic E-state index is -3.76. The van der Waals surface area contributed by atoms with E-state index in [2.05, 4.69) is 0 Å². The van der Waals surface area contributed by atoms with Gasteiger partial charge in [0.25, 0.3) is 0 Å². The summed E-state index contributed by atoms with van der Waals surface area (Å²) in [5.41, 5.74) is 5.94. The zero-order valence-corrected chi connectivity index (χ0v) is 12.2. The minimum Gasteiger partial charge on any atom is -0.377 e. The second-order valence-corrected chi connectivity index (χ2v) is 6.89. The topological polar surface area (TPSA) is 72.6 Å². The molecule has 1 aliphatic rings. The van der Waals surface area contributed by atoms with Gasteiger partial charge < -0.3 is 10.5 Å². The molecule has 0 radical (unpaired) electrons. The molecule has 7 heteroatoms. The zero-order valence-electron chi connectivity index (χ0n) is 11.4. The molecule has 20 heavy (non-hydrogen) atoms. The first-order chi connectivity index (χ1) is 9.45. The maximum atomic E-state index is 13.3. The van der Waals surface area contributed by atoms with Crippen molar-refractivity contribution in [3.63, 3.8) is 0 Å². The van der Waals surface area contributed by atoms with Gasteiger partial charge in [-0.3, -0.25) is 0 Å². The summed E-state index contributed by atoms with van der Waals surface area (Å²) in [5, 5.41) is 0. The maximum absolute atomic E-state index is 13.3. The zero-order chi connectivity index (χ0) is 14.8. The molecule has 1 heterocycles. The average Bonchev–Trinajstić information content (AvgIpc) is 2.91. The molecule has 5 nitrogen and oxygen atoms in total. The predicted octanol–water partition coefficient (Wildman–Crippen LogP) is 1.08. The molecule has 2 N–H and O–H groups in total. The van der Waals surface area contributed by atoms with Gasteiger partial charge in [0.1, 0.15) is 5.82 Å². The largest absolute Gasteiger partial charge is 0.377 e. The van der Waals surface area contributed by atoms with E-state index in [-0.39, 0.29) is 24.1 Å². The van der Waals surface area contributed by atoms with Crippen molar-refractivity contribution in [3.05, 3.63) is 29.6 Å². The number of hydrogen-bond acceptors (Lipinski definition) is 4. The van der Waals surface area contributed by atoms with Crippen LogP contribution < -0.4 is 5.73 Å². The first kappa shape index (κ1) is 15.4. The highest BCUT2D eigenvalue weighted by Crippen LogP contribution is 2.22. The monoisotopic (exact) mass is 302 g/mol. The van der Waals surface area contributed by atoms with Gasteiger partial charge in [0.15, 0.2) is 0 Å². The van der Waals surface area contributed by atoms with E-state index in [1.165, 1.54) is 23.5 Å². The fourth-order valence-corrected chi connectivity index (χ4v) is 3.72. The van der Waals surface area contributed by atoms with Crippen molar-refractivity contribution in [3.8, 4) is 0 Å². The third-order valence-electron chi connectivity index (χ3n) is 3.42. The van der Waals surface area contributed by atoms with Crippen molar-refractivity contribution in [2.24, 2.45) is 5.73 Å². The Balaban J connectivity index is 2.26. The normalized spacial score (nSPS) is 19.7. The lowest BCUT2D eigenvalue weighted by molar-refractivity contribution is 0.0979. The fourth-order valence-electron chi connectivity index (χ4n) is 2.28. The molecule has 1 aliphatic heterocycles. The Morgan fingerprint density at radius 3 is 2.85 bits per heavy atom. The SMILES string of the molecule is CN(CC1CCCO1)S(=O)(=O)c1cc(F)ccc1CN. The van der Waals surface area contributed by atoms with E-state index in [0.717, 1.165) is 18.9 Å². The summed E-state index contributed by atoms with van der Waals surface area (Å²) in [6.45, 7) is 0.970. The maximum Gasteiger partial charge on any atom is 0.243 e. The van der Waals surface area contributed by atoms with Gasteiger partial charge in [-0.05, 0) is 30.5 Å². The lowest BCUT2D eigenvalue weighted by atomic mass is 10.2. The van der Waals surface area contributed by atoms with Gasteiger partial charge in [-0.1, -0.05) is 6.07 Å². The summed E-state index contributed by atoms with van der Waals surface area (Å²) < 4.78 is 45.0. The van der Waals surface area contributed by atoms with Gasteiger partial charge in [0.2, 0.25) is 10.0 Å². The van der Waals surface area contributed by atoms with Gasteiger partial charge in [-0.2, -0.15) is 4.31 Å². The molecule has 0 aromatic heterocycles. The van der Waals surface area contributed by atoms with Crippen molar-refractivity contribution in [1.82, 2.24) is 4.31 Å². The Morgan fingerprint density at radius 2 is 2.25 bits per heavy atom. The second-order valence-electron chi connectivity index (χ2n) is 4.88. The lowest BCUT2D eigenvalue weighted by Crippen LogP contribution is -2.34. The number of sulfonamides is 1. The summed E-state index contributed by atoms with van der Waals surface area (Å²) in [7, 11) is -2.28. The smallest absolute Gasteiger partial charge is 0.243 e. The third-order valence-corrected chi connectivity index (χ3v) is 5.33. The number of nitrogens with zero attached hydrogens (tertiary/aromatic N) is 1. The Kier molecular flexibility index (Phi) is 4.74. The highest BCUT2D eigenvalue weighted by Gasteiger charge is 2.28. The van der Waals surface area contributed by atoms with Crippen LogP contribution in [0.2, 0.25) is 0 Å². The summed E-state index contributed by atoms with van der Waals surface area (Å²) in [6.07, 6.45) is 1.68. The van der Waals surface area contributed by atoms with Gasteiger partial charge in [-0.25, -0.2) is 12.8 Å². The predicted molar refractivity (Wildman–Crippen MR) is 73.1 cm³/mol. The van der Waals surface area contributed by atoms with Crippen molar-refractivity contribution >= 4 is 10.0 Å². The van der Waals surface area contributed by atoms with Gasteiger partial charge in [0.05, 0.1) is 11.0 Å². The second kappa shape index (κ2) is 6.17. The molecule has 2 rings (SSSR count). The van der Waals surface area contributed by atoms with Gasteiger partial charge in [-0.15, -0.1) is 0 Å². The lowest BCUT2D eigenvalue weighted by Gasteiger charge is -2.21. The van der Waals surface area contributed by atoms with Crippen LogP contribution in [0.15, 0.2) is 23.1 Å². The minimum absolute atomic E-state index is 0.0443. The van der Waals surface area contributed by atoms with E-state index in [0.29, 0.717) is 12.2 Å². The van der Waals surface area contributed by atoms with Crippen molar-refractivity contribution in [1.29, 1.82) is 0 Å². The quantitative estimate of drug-likeness (QED) is 0.883. The number of benzene rings is 1. The number of hydrogen-bond donors (Lipinski definition) is 1. The molecule has 1 unspecified atom stereocenters. The molecule has 1 atom stereocenters. The van der Waals surface area contributed by atoms with Crippen molar-refractivity contribution in [2.45, 2.75) is 30.4 Å². The summed E-state index contributed by atoms with van der Waals surface area (Å²) in [4.78, 5) is -0.0690. The third kappa shape index (κ3) is 3.17. The van der Waals surface area contributed by atoms with Crippen LogP contribution in [0.4, 0.5) is 4.39 Å². The van der Waals surface area contributed by atoms with Crippen LogP contribution in [0.25, 0.3) is 0 Å². The van der Waals surface area contributed by atoms with E-state index in [9.17, 15) is 12.8 Å². The first-order valence-corrected chi connectivity index (χ1v) is 7.95. The number of rotatable bonds is 5. The van der Waals surface area contributed by atoms with E-state index in [1.54, 1.807) is 0 Å². The summed E-state index contributed by atoms with van der Waals surface area (Å²) in [5.74, 6) is -0.591. The van der Waals surface area contributed by atoms with E-state index in [4.69, 9.17) is 10.5 Å². The van der Waals surface area contributed by atoms with Crippen LogP contribution in [0.1, 0.15) is 18.4 Å². The van der Waals surface area contributed by atoms with Crippen LogP contribution in [0.3, 0.4) is 0 Å². The van der Waals surface area contributed by atoms with Crippen molar-refractivity contribution in [2.75, 3.05) is 20.2 Å². The molecule has 1 saturated heterocycles. The first-order valence-electron chi connectivity index (χ1n) is 6.51. The van der Waals surface area contributed by atoms with Crippen molar-refractivity contribution < 1.29 is 17.5 Å². The molecule has 1 aromatic rings. The van der Waals surface area contributed by atoms with Gasteiger partial charge >= 0.3 is 0 Å². The number of ether oxygens (including phenoxy) is 1. The molecule has 0 bridgehead atoms. The number of likely N-dealkylation sites (N-methyl/N-ethyl adjacent to an activating group) is 1. The molecule has 1 aromatic carbocycles. The molecular formula is C13H19FN2O3S. The van der Waals surface area contributed by atoms with Crippen LogP contribution in [-0.4, -0.2) is 39.0 Å². The standard InChI is InChI=1S/C13H19FN2O3S/c1-16(9-12-3-2-6-19-12)20(17,18)13-7-11(14)5-4-10(13)8-15/h4-5,7,12H,2-3,6,8-9,15H2,1H3. The van der Waals surface area contributed by atoms with E-state index in [1.807, 2.05) is 0 Å². The van der Waals surface area contributed by atoms with Crippen LogP contribution >= 0.6 is 0 Å². The summed E-state index contributed by atoms with van der Waals surface area (Å²) >= 11 is 0. The van der Waals surface area contributed by atoms with Crippen LogP contribution in [-0.2, 0) is 21.3 Å². The van der Waals surface area contributed by atoms with E-state index >= 15 is 0 Å². The van der Waals surface area contributed by atoms with Crippen LogP contribution in [0.5, 0.6) is 0 Å². The molecule has 0 amide bonds. The average molecular weight is 302 g/mol. The molecule has 1 fully saturated rings. The van der Waals surface area contributed by atoms with Crippen LogP contribution in [0, 0.1) is 5.82 Å². The molecule has 0 saturated carbocycles. The highest BCUT2D eigenvalue weighted by atomic mass is 32.2. The Bertz CT molecular complexity index is 571. The number of halogens is 1. The molecule has 112 valence electrons. The Labute approximate surface area is 118 Å². The molecular weight excluding hydrogens is 283 g/mol. The molecule has 0 aliphatic carbocycles. The highest BCUT2D eigenvalue weighted by molar-refractivity contribution is 7.89. The molecule has 0 spiro atoms.